The van der Waals surface area contributed by atoms with Gasteiger partial charge < -0.3 is 10.1 Å². The molecule has 3 aromatic carbocycles. The number of nitrogens with one attached hydrogen (secondary N) is 3. The van der Waals surface area contributed by atoms with Crippen molar-refractivity contribution in [3.05, 3.63) is 77.9 Å². The van der Waals surface area contributed by atoms with E-state index in [1.165, 1.54) is 24.3 Å². The number of rotatable bonds is 5. The van der Waals surface area contributed by atoms with Crippen LogP contribution in [0.3, 0.4) is 0 Å². The quantitative estimate of drug-likeness (QED) is 0.301. The summed E-state index contributed by atoms with van der Waals surface area (Å²) in [5, 5.41) is 19.3. The van der Waals surface area contributed by atoms with E-state index in [0.29, 0.717) is 11.4 Å². The van der Waals surface area contributed by atoms with E-state index >= 15 is 0 Å². The highest BCUT2D eigenvalue weighted by Gasteiger charge is 2.14. The van der Waals surface area contributed by atoms with Crippen LogP contribution in [0.5, 0.6) is 5.75 Å². The van der Waals surface area contributed by atoms with Crippen molar-refractivity contribution in [3.8, 4) is 16.9 Å². The molecule has 30 heavy (non-hydrogen) atoms. The van der Waals surface area contributed by atoms with Gasteiger partial charge in [-0.3, -0.25) is 19.9 Å². The highest BCUT2D eigenvalue weighted by molar-refractivity contribution is 6.08. The van der Waals surface area contributed by atoms with E-state index in [0.717, 1.165) is 27.8 Å². The third-order valence-electron chi connectivity index (χ3n) is 4.72. The Kier molecular flexibility index (Phi) is 5.15. The molecule has 0 saturated carbocycles. The summed E-state index contributed by atoms with van der Waals surface area (Å²) in [4.78, 5) is 23.9. The first-order valence-corrected chi connectivity index (χ1v) is 9.08. The average molecular weight is 402 g/mol. The van der Waals surface area contributed by atoms with E-state index in [1.807, 2.05) is 42.5 Å². The highest BCUT2D eigenvalue weighted by Crippen LogP contribution is 2.32. The molecule has 0 bridgehead atoms. The fraction of sp³-hybridized carbons (Fsp3) is 0.0455. The molecule has 0 aliphatic carbocycles. The van der Waals surface area contributed by atoms with Gasteiger partial charge in [-0.05, 0) is 48.0 Å². The number of carbonyl (C=O) groups excluding carboxylic acids is 2. The first-order chi connectivity index (χ1) is 14.6. The Balaban J connectivity index is 1.58. The Morgan fingerprint density at radius 2 is 1.67 bits per heavy atom. The molecule has 2 amide bonds. The molecule has 1 heterocycles. The van der Waals surface area contributed by atoms with Crippen LogP contribution in [0.15, 0.2) is 66.7 Å². The maximum Gasteiger partial charge on any atom is 0.274 e. The smallest absolute Gasteiger partial charge is 0.274 e. The number of hydrogen-bond acceptors (Lipinski definition) is 5. The fourth-order valence-electron chi connectivity index (χ4n) is 3.18. The predicted molar refractivity (Wildman–Crippen MR) is 112 cm³/mol. The number of aromatic amines is 1. The van der Waals surface area contributed by atoms with E-state index in [-0.39, 0.29) is 11.5 Å². The van der Waals surface area contributed by atoms with Crippen molar-refractivity contribution in [2.24, 2.45) is 0 Å². The van der Waals surface area contributed by atoms with Gasteiger partial charge in [0.05, 0.1) is 12.6 Å². The molecule has 0 unspecified atom stereocenters. The maximum atomic E-state index is 12.5. The van der Waals surface area contributed by atoms with E-state index in [1.54, 1.807) is 12.6 Å². The zero-order chi connectivity index (χ0) is 21.1. The van der Waals surface area contributed by atoms with Gasteiger partial charge in [-0.15, -0.1) is 0 Å². The van der Waals surface area contributed by atoms with Crippen molar-refractivity contribution in [1.82, 2.24) is 15.7 Å². The minimum Gasteiger partial charge on any atom is -0.496 e. The molecule has 0 fully saturated rings. The summed E-state index contributed by atoms with van der Waals surface area (Å²) in [6, 6.07) is 19.4. The average Bonchev–Trinajstić information content (AvgIpc) is 3.20. The van der Waals surface area contributed by atoms with Gasteiger partial charge >= 0.3 is 0 Å². The van der Waals surface area contributed by atoms with Crippen LogP contribution < -0.4 is 15.5 Å². The topological polar surface area (TPSA) is 116 Å². The van der Waals surface area contributed by atoms with Gasteiger partial charge in [0, 0.05) is 22.1 Å². The number of H-pyrrole nitrogens is 1. The Labute approximate surface area is 171 Å². The van der Waals surface area contributed by atoms with Gasteiger partial charge in [-0.25, -0.2) is 5.48 Å². The monoisotopic (exact) mass is 402 g/mol. The second-order valence-electron chi connectivity index (χ2n) is 6.51. The lowest BCUT2D eigenvalue weighted by molar-refractivity contribution is 0.0706. The third kappa shape index (κ3) is 3.59. The van der Waals surface area contributed by atoms with Crippen molar-refractivity contribution in [3.63, 3.8) is 0 Å². The second-order valence-corrected chi connectivity index (χ2v) is 6.51. The summed E-state index contributed by atoms with van der Waals surface area (Å²) in [5.74, 6) is 0.154. The number of amides is 2. The summed E-state index contributed by atoms with van der Waals surface area (Å²) >= 11 is 0. The number of nitrogens with zero attached hydrogens (tertiary/aromatic N) is 1. The van der Waals surface area contributed by atoms with Crippen molar-refractivity contribution in [2.75, 3.05) is 12.4 Å². The summed E-state index contributed by atoms with van der Waals surface area (Å²) in [7, 11) is 1.63. The normalized spacial score (nSPS) is 10.6. The van der Waals surface area contributed by atoms with Crippen LogP contribution in [0, 0.1) is 0 Å². The molecule has 4 aromatic rings. The first kappa shape index (κ1) is 19.2. The Hall–Kier alpha value is -4.17. The minimum absolute atomic E-state index is 0.239. The van der Waals surface area contributed by atoms with E-state index < -0.39 is 5.91 Å². The largest absolute Gasteiger partial charge is 0.496 e. The zero-order valence-electron chi connectivity index (χ0n) is 16.0. The SMILES string of the molecule is COc1ccccc1-c1ccc2c(NC(=O)c3ccc(C(=O)NO)cc3)n[nH]c2c1. The van der Waals surface area contributed by atoms with E-state index in [2.05, 4.69) is 15.5 Å². The molecule has 0 aliphatic rings. The lowest BCUT2D eigenvalue weighted by Crippen LogP contribution is -2.19. The summed E-state index contributed by atoms with van der Waals surface area (Å²) in [6.07, 6.45) is 0. The van der Waals surface area contributed by atoms with Crippen molar-refractivity contribution in [1.29, 1.82) is 0 Å². The van der Waals surface area contributed by atoms with Crippen LogP contribution in [-0.2, 0) is 0 Å². The highest BCUT2D eigenvalue weighted by atomic mass is 16.5. The Bertz CT molecular complexity index is 1230. The first-order valence-electron chi connectivity index (χ1n) is 9.08. The molecule has 0 spiro atoms. The molecule has 1 aromatic heterocycles. The van der Waals surface area contributed by atoms with Gasteiger partial charge in [-0.2, -0.15) is 5.10 Å². The zero-order valence-corrected chi connectivity index (χ0v) is 16.0. The molecule has 8 nitrogen and oxygen atoms in total. The lowest BCUT2D eigenvalue weighted by Gasteiger charge is -2.08. The van der Waals surface area contributed by atoms with Gasteiger partial charge in [0.15, 0.2) is 5.82 Å². The molecule has 150 valence electrons. The van der Waals surface area contributed by atoms with Gasteiger partial charge in [-0.1, -0.05) is 24.3 Å². The van der Waals surface area contributed by atoms with Gasteiger partial charge in [0.2, 0.25) is 0 Å². The number of methoxy groups -OCH3 is 1. The molecule has 0 aliphatic heterocycles. The molecule has 4 rings (SSSR count). The second kappa shape index (κ2) is 8.06. The number of para-hydroxylation sites is 1. The number of fused-ring (bicyclic) bond motifs is 1. The van der Waals surface area contributed by atoms with Gasteiger partial charge in [0.1, 0.15) is 5.75 Å². The lowest BCUT2D eigenvalue weighted by atomic mass is 10.0. The Morgan fingerprint density at radius 1 is 0.967 bits per heavy atom. The van der Waals surface area contributed by atoms with E-state index in [9.17, 15) is 9.59 Å². The van der Waals surface area contributed by atoms with E-state index in [4.69, 9.17) is 9.94 Å². The number of aromatic nitrogens is 2. The summed E-state index contributed by atoms with van der Waals surface area (Å²) < 4.78 is 5.43. The molecule has 0 saturated heterocycles. The standard InChI is InChI=1S/C22H18N4O4/c1-30-19-5-3-2-4-16(19)15-10-11-17-18(12-15)24-25-20(17)23-21(27)13-6-8-14(9-7-13)22(28)26-29/h2-12,29H,1H3,(H,26,28)(H2,23,24,25,27). The number of ether oxygens (including phenoxy) is 1. The van der Waals surface area contributed by atoms with Crippen LogP contribution in [0.25, 0.3) is 22.0 Å². The summed E-state index contributed by atoms with van der Waals surface area (Å²) in [5.41, 5.74) is 4.82. The van der Waals surface area contributed by atoms with Crippen LogP contribution in [-0.4, -0.2) is 34.3 Å². The maximum absolute atomic E-state index is 12.5. The number of hydroxylamine groups is 1. The molecule has 0 radical (unpaired) electrons. The minimum atomic E-state index is -0.647. The number of anilines is 1. The van der Waals surface area contributed by atoms with Gasteiger partial charge in [0.25, 0.3) is 11.8 Å². The number of benzene rings is 3. The van der Waals surface area contributed by atoms with Crippen LogP contribution in [0.1, 0.15) is 20.7 Å². The molecule has 0 atom stereocenters. The molecule has 8 heteroatoms. The number of carbonyl (C=O) groups is 2. The molecular formula is C22H18N4O4. The van der Waals surface area contributed by atoms with Crippen LogP contribution in [0.2, 0.25) is 0 Å². The Morgan fingerprint density at radius 3 is 2.37 bits per heavy atom. The predicted octanol–water partition coefficient (Wildman–Crippen LogP) is 3.61. The molecule has 4 N–H and O–H groups in total. The van der Waals surface area contributed by atoms with Crippen LogP contribution in [0.4, 0.5) is 5.82 Å². The van der Waals surface area contributed by atoms with Crippen LogP contribution >= 0.6 is 0 Å². The number of hydrogen-bond donors (Lipinski definition) is 4. The van der Waals surface area contributed by atoms with Crippen molar-refractivity contribution in [2.45, 2.75) is 0 Å². The van der Waals surface area contributed by atoms with Crippen molar-refractivity contribution < 1.29 is 19.5 Å². The third-order valence-corrected chi connectivity index (χ3v) is 4.72. The fourth-order valence-corrected chi connectivity index (χ4v) is 3.18. The van der Waals surface area contributed by atoms with Crippen molar-refractivity contribution >= 4 is 28.5 Å². The summed E-state index contributed by atoms with van der Waals surface area (Å²) in [6.45, 7) is 0. The molecular weight excluding hydrogens is 384 g/mol.